The van der Waals surface area contributed by atoms with Crippen LogP contribution in [0.15, 0.2) is 30.3 Å². The van der Waals surface area contributed by atoms with Crippen LogP contribution in [0.25, 0.3) is 0 Å². The maximum Gasteiger partial charge on any atom is 0.255 e. The summed E-state index contributed by atoms with van der Waals surface area (Å²) in [5.74, 6) is 0.624. The number of methoxy groups -OCH3 is 1. The Morgan fingerprint density at radius 1 is 1.04 bits per heavy atom. The van der Waals surface area contributed by atoms with Crippen LogP contribution in [-0.4, -0.2) is 35.8 Å². The second-order valence-electron chi connectivity index (χ2n) is 7.58. The molecule has 0 aliphatic carbocycles. The fourth-order valence-electron chi connectivity index (χ4n) is 3.96. The molecule has 6 heteroatoms. The summed E-state index contributed by atoms with van der Waals surface area (Å²) in [5.41, 5.74) is 3.22. The lowest BCUT2D eigenvalue weighted by Crippen LogP contribution is -2.41. The van der Waals surface area contributed by atoms with E-state index in [1.807, 2.05) is 44.2 Å². The monoisotopic (exact) mass is 384 g/mol. The molecule has 2 aromatic rings. The Labute approximate surface area is 163 Å². The topological polar surface area (TPSA) is 49.9 Å². The van der Waals surface area contributed by atoms with Gasteiger partial charge in [0.15, 0.2) is 0 Å². The summed E-state index contributed by atoms with van der Waals surface area (Å²) in [7, 11) is 3.37. The number of carbonyl (C=O) groups excluding carboxylic acids is 2. The molecule has 2 heterocycles. The van der Waals surface area contributed by atoms with Gasteiger partial charge in [0.05, 0.1) is 19.2 Å². The maximum absolute atomic E-state index is 13.1. The number of nitrogens with zero attached hydrogens (tertiary/aromatic N) is 2. The fourth-order valence-corrected chi connectivity index (χ4v) is 4.24. The van der Waals surface area contributed by atoms with E-state index in [9.17, 15) is 9.59 Å². The van der Waals surface area contributed by atoms with Crippen LogP contribution in [0.2, 0.25) is 5.02 Å². The maximum atomic E-state index is 13.1. The summed E-state index contributed by atoms with van der Waals surface area (Å²) < 4.78 is 5.43. The molecular weight excluding hydrogens is 364 g/mol. The third kappa shape index (κ3) is 2.52. The highest BCUT2D eigenvalue weighted by Gasteiger charge is 2.41. The van der Waals surface area contributed by atoms with E-state index < -0.39 is 5.54 Å². The molecule has 4 rings (SSSR count). The highest BCUT2D eigenvalue weighted by atomic mass is 35.5. The van der Waals surface area contributed by atoms with E-state index in [1.165, 1.54) is 0 Å². The van der Waals surface area contributed by atoms with Gasteiger partial charge >= 0.3 is 0 Å². The summed E-state index contributed by atoms with van der Waals surface area (Å²) in [6.45, 7) is 4.92. The second-order valence-corrected chi connectivity index (χ2v) is 7.99. The molecule has 0 saturated carbocycles. The highest BCUT2D eigenvalue weighted by molar-refractivity contribution is 6.32. The van der Waals surface area contributed by atoms with E-state index in [-0.39, 0.29) is 11.8 Å². The zero-order chi connectivity index (χ0) is 19.5. The van der Waals surface area contributed by atoms with E-state index >= 15 is 0 Å². The zero-order valence-corrected chi connectivity index (χ0v) is 16.6. The standard InChI is InChI=1S/C21H21ClN2O3/c1-21(2,12-8-14-15(17(22)9-12)10-23(3)19(14)25)24-11-16-13(20(24)26)6-5-7-18(16)27-4/h5-9H,10-11H2,1-4H3. The minimum absolute atomic E-state index is 0.0396. The number of carbonyl (C=O) groups is 2. The first-order valence-corrected chi connectivity index (χ1v) is 9.19. The van der Waals surface area contributed by atoms with Gasteiger partial charge in [-0.25, -0.2) is 0 Å². The summed E-state index contributed by atoms with van der Waals surface area (Å²) in [6, 6.07) is 9.27. The zero-order valence-electron chi connectivity index (χ0n) is 15.8. The van der Waals surface area contributed by atoms with Crippen LogP contribution in [-0.2, 0) is 18.6 Å². The number of hydrogen-bond acceptors (Lipinski definition) is 3. The smallest absolute Gasteiger partial charge is 0.255 e. The van der Waals surface area contributed by atoms with Gasteiger partial charge in [-0.1, -0.05) is 17.7 Å². The molecule has 2 aromatic carbocycles. The van der Waals surface area contributed by atoms with Gasteiger partial charge in [0, 0.05) is 40.9 Å². The predicted molar refractivity (Wildman–Crippen MR) is 103 cm³/mol. The predicted octanol–water partition coefficient (Wildman–Crippen LogP) is 3.83. The lowest BCUT2D eigenvalue weighted by Gasteiger charge is -2.36. The van der Waals surface area contributed by atoms with E-state index in [1.54, 1.807) is 24.0 Å². The van der Waals surface area contributed by atoms with Gasteiger partial charge in [-0.15, -0.1) is 0 Å². The quantitative estimate of drug-likeness (QED) is 0.808. The normalized spacial score (nSPS) is 16.0. The number of benzene rings is 2. The largest absolute Gasteiger partial charge is 0.496 e. The van der Waals surface area contributed by atoms with Crippen molar-refractivity contribution < 1.29 is 14.3 Å². The van der Waals surface area contributed by atoms with Crippen LogP contribution in [0.4, 0.5) is 0 Å². The molecule has 27 heavy (non-hydrogen) atoms. The molecule has 0 fully saturated rings. The SMILES string of the molecule is COc1cccc2c1CN(C(C)(C)c1cc(Cl)c3c(c1)C(=O)N(C)C3)C2=O. The van der Waals surface area contributed by atoms with E-state index in [4.69, 9.17) is 16.3 Å². The van der Waals surface area contributed by atoms with Crippen molar-refractivity contribution in [2.24, 2.45) is 0 Å². The van der Waals surface area contributed by atoms with Crippen molar-refractivity contribution in [1.82, 2.24) is 9.80 Å². The lowest BCUT2D eigenvalue weighted by molar-refractivity contribution is 0.0567. The van der Waals surface area contributed by atoms with Crippen molar-refractivity contribution in [3.05, 3.63) is 63.2 Å². The van der Waals surface area contributed by atoms with Crippen molar-refractivity contribution >= 4 is 23.4 Å². The average molecular weight is 385 g/mol. The summed E-state index contributed by atoms with van der Waals surface area (Å²) in [6.07, 6.45) is 0. The van der Waals surface area contributed by atoms with Gasteiger partial charge in [0.25, 0.3) is 11.8 Å². The van der Waals surface area contributed by atoms with Crippen LogP contribution < -0.4 is 4.74 Å². The first-order valence-electron chi connectivity index (χ1n) is 8.82. The Balaban J connectivity index is 1.77. The average Bonchev–Trinajstić information content (AvgIpc) is 3.14. The number of halogens is 1. The van der Waals surface area contributed by atoms with Crippen LogP contribution >= 0.6 is 11.6 Å². The van der Waals surface area contributed by atoms with Gasteiger partial charge in [0.2, 0.25) is 0 Å². The number of ether oxygens (including phenoxy) is 1. The van der Waals surface area contributed by atoms with E-state index in [0.29, 0.717) is 35.0 Å². The molecule has 0 atom stereocenters. The Morgan fingerprint density at radius 2 is 1.78 bits per heavy atom. The first-order chi connectivity index (χ1) is 12.8. The molecule has 0 unspecified atom stereocenters. The minimum atomic E-state index is -0.638. The van der Waals surface area contributed by atoms with Crippen molar-refractivity contribution in [3.8, 4) is 5.75 Å². The molecule has 2 aliphatic rings. The van der Waals surface area contributed by atoms with Crippen LogP contribution in [0.3, 0.4) is 0 Å². The van der Waals surface area contributed by atoms with Gasteiger partial charge in [-0.05, 0) is 43.7 Å². The van der Waals surface area contributed by atoms with Crippen molar-refractivity contribution in [1.29, 1.82) is 0 Å². The van der Waals surface area contributed by atoms with Crippen LogP contribution in [0.1, 0.15) is 51.3 Å². The van der Waals surface area contributed by atoms with Crippen molar-refractivity contribution in [3.63, 3.8) is 0 Å². The molecular formula is C21H21ClN2O3. The molecule has 2 amide bonds. The van der Waals surface area contributed by atoms with E-state index in [0.717, 1.165) is 16.7 Å². The Hall–Kier alpha value is -2.53. The van der Waals surface area contributed by atoms with E-state index in [2.05, 4.69) is 0 Å². The summed E-state index contributed by atoms with van der Waals surface area (Å²) in [5, 5.41) is 0.565. The van der Waals surface area contributed by atoms with Crippen molar-refractivity contribution in [2.75, 3.05) is 14.2 Å². The molecule has 0 aromatic heterocycles. The summed E-state index contributed by atoms with van der Waals surface area (Å²) >= 11 is 6.49. The minimum Gasteiger partial charge on any atom is -0.496 e. The molecule has 140 valence electrons. The Bertz CT molecular complexity index is 984. The molecule has 2 aliphatic heterocycles. The second kappa shape index (κ2) is 5.99. The fraction of sp³-hybridized carbons (Fsp3) is 0.333. The summed E-state index contributed by atoms with van der Waals surface area (Å²) in [4.78, 5) is 29.0. The third-order valence-electron chi connectivity index (χ3n) is 5.69. The number of rotatable bonds is 3. The third-order valence-corrected chi connectivity index (χ3v) is 6.03. The lowest BCUT2D eigenvalue weighted by atomic mass is 9.89. The first kappa shape index (κ1) is 17.9. The molecule has 0 spiro atoms. The number of hydrogen-bond donors (Lipinski definition) is 0. The molecule has 0 radical (unpaired) electrons. The van der Waals surface area contributed by atoms with Gasteiger partial charge < -0.3 is 14.5 Å². The molecule has 0 saturated heterocycles. The van der Waals surface area contributed by atoms with Crippen LogP contribution in [0, 0.1) is 0 Å². The number of fused-ring (bicyclic) bond motifs is 2. The molecule has 0 N–H and O–H groups in total. The van der Waals surface area contributed by atoms with Gasteiger partial charge in [-0.3, -0.25) is 9.59 Å². The van der Waals surface area contributed by atoms with Crippen LogP contribution in [0.5, 0.6) is 5.75 Å². The highest BCUT2D eigenvalue weighted by Crippen LogP contribution is 2.41. The molecule has 5 nitrogen and oxygen atoms in total. The van der Waals surface area contributed by atoms with Gasteiger partial charge in [-0.2, -0.15) is 0 Å². The Kier molecular flexibility index (Phi) is 3.96. The Morgan fingerprint density at radius 3 is 2.48 bits per heavy atom. The van der Waals surface area contributed by atoms with Crippen molar-refractivity contribution in [2.45, 2.75) is 32.5 Å². The number of amides is 2. The molecule has 0 bridgehead atoms. The van der Waals surface area contributed by atoms with Gasteiger partial charge in [0.1, 0.15) is 5.75 Å².